The van der Waals surface area contributed by atoms with Gasteiger partial charge in [0.25, 0.3) is 0 Å². The van der Waals surface area contributed by atoms with Crippen LogP contribution < -0.4 is 5.32 Å². The Morgan fingerprint density at radius 3 is 2.38 bits per heavy atom. The van der Waals surface area contributed by atoms with Gasteiger partial charge < -0.3 is 15.0 Å². The SMILES string of the molecule is CN(C)[C@]1(c2ccccc2)C[C@]2(CN(CC(=O)OC(C)(C)C)C(=O)N2)C1. The fourth-order valence-corrected chi connectivity index (χ4v) is 4.23. The minimum Gasteiger partial charge on any atom is -0.459 e. The number of urea groups is 1. The molecule has 1 saturated carbocycles. The van der Waals surface area contributed by atoms with Gasteiger partial charge in [-0.25, -0.2) is 4.79 Å². The van der Waals surface area contributed by atoms with Crippen LogP contribution >= 0.6 is 0 Å². The van der Waals surface area contributed by atoms with Crippen LogP contribution in [0.2, 0.25) is 0 Å². The van der Waals surface area contributed by atoms with Gasteiger partial charge in [-0.2, -0.15) is 0 Å². The fraction of sp³-hybridized carbons (Fsp3) is 0.600. The van der Waals surface area contributed by atoms with Gasteiger partial charge in [-0.1, -0.05) is 30.3 Å². The summed E-state index contributed by atoms with van der Waals surface area (Å²) in [6.07, 6.45) is 1.65. The second kappa shape index (κ2) is 6.27. The van der Waals surface area contributed by atoms with Gasteiger partial charge in [0.1, 0.15) is 12.1 Å². The first kappa shape index (κ1) is 18.7. The molecule has 0 radical (unpaired) electrons. The molecule has 2 aliphatic rings. The summed E-state index contributed by atoms with van der Waals surface area (Å²) in [5.41, 5.74) is 0.347. The highest BCUT2D eigenvalue weighted by molar-refractivity contribution is 5.84. The van der Waals surface area contributed by atoms with Crippen molar-refractivity contribution in [3.8, 4) is 0 Å². The Morgan fingerprint density at radius 1 is 1.23 bits per heavy atom. The number of hydrogen-bond acceptors (Lipinski definition) is 4. The third-order valence-electron chi connectivity index (χ3n) is 5.32. The molecule has 2 fully saturated rings. The zero-order chi connectivity index (χ0) is 19.2. The van der Waals surface area contributed by atoms with Crippen molar-refractivity contribution in [1.82, 2.24) is 15.1 Å². The molecule has 1 spiro atoms. The lowest BCUT2D eigenvalue weighted by Crippen LogP contribution is -2.66. The van der Waals surface area contributed by atoms with E-state index < -0.39 is 5.60 Å². The van der Waals surface area contributed by atoms with Crippen LogP contribution in [0.1, 0.15) is 39.2 Å². The average molecular weight is 359 g/mol. The number of esters is 1. The molecule has 1 aromatic carbocycles. The topological polar surface area (TPSA) is 61.9 Å². The van der Waals surface area contributed by atoms with E-state index in [0.29, 0.717) is 6.54 Å². The number of rotatable bonds is 4. The van der Waals surface area contributed by atoms with E-state index in [1.807, 2.05) is 39.0 Å². The highest BCUT2D eigenvalue weighted by atomic mass is 16.6. The number of nitrogens with zero attached hydrogens (tertiary/aromatic N) is 2. The summed E-state index contributed by atoms with van der Waals surface area (Å²) in [5, 5.41) is 3.12. The summed E-state index contributed by atoms with van der Waals surface area (Å²) >= 11 is 0. The molecule has 2 amide bonds. The van der Waals surface area contributed by atoms with Crippen LogP contribution in [-0.2, 0) is 15.1 Å². The van der Waals surface area contributed by atoms with Crippen LogP contribution in [0.15, 0.2) is 30.3 Å². The number of carbonyl (C=O) groups excluding carboxylic acids is 2. The smallest absolute Gasteiger partial charge is 0.326 e. The molecule has 0 unspecified atom stereocenters. The fourth-order valence-electron chi connectivity index (χ4n) is 4.23. The number of benzene rings is 1. The zero-order valence-corrected chi connectivity index (χ0v) is 16.3. The van der Waals surface area contributed by atoms with Gasteiger partial charge in [0, 0.05) is 6.54 Å². The van der Waals surface area contributed by atoms with Crippen molar-refractivity contribution in [2.45, 2.75) is 50.3 Å². The molecule has 1 N–H and O–H groups in total. The van der Waals surface area contributed by atoms with E-state index in [0.717, 1.165) is 12.8 Å². The Balaban J connectivity index is 1.69. The van der Waals surface area contributed by atoms with E-state index in [1.54, 1.807) is 4.90 Å². The molecule has 0 bridgehead atoms. The minimum absolute atomic E-state index is 0.00878. The summed E-state index contributed by atoms with van der Waals surface area (Å²) in [4.78, 5) is 28.3. The Bertz CT molecular complexity index is 688. The third-order valence-corrected chi connectivity index (χ3v) is 5.32. The zero-order valence-electron chi connectivity index (χ0n) is 16.3. The number of nitrogens with one attached hydrogen (secondary N) is 1. The van der Waals surface area contributed by atoms with E-state index in [2.05, 4.69) is 36.4 Å². The molecule has 0 aromatic heterocycles. The number of ether oxygens (including phenoxy) is 1. The summed E-state index contributed by atoms with van der Waals surface area (Å²) in [6, 6.07) is 10.2. The van der Waals surface area contributed by atoms with Gasteiger partial charge in [0.15, 0.2) is 0 Å². The van der Waals surface area contributed by atoms with Crippen LogP contribution in [0.3, 0.4) is 0 Å². The van der Waals surface area contributed by atoms with Gasteiger partial charge in [0.2, 0.25) is 0 Å². The number of hydrogen-bond donors (Lipinski definition) is 1. The molecule has 26 heavy (non-hydrogen) atoms. The molecule has 6 heteroatoms. The molecule has 0 atom stereocenters. The second-order valence-electron chi connectivity index (χ2n) is 8.80. The van der Waals surface area contributed by atoms with E-state index in [9.17, 15) is 9.59 Å². The van der Waals surface area contributed by atoms with Crippen LogP contribution in [0.5, 0.6) is 0 Å². The molecule has 1 aliphatic heterocycles. The van der Waals surface area contributed by atoms with Gasteiger partial charge in [-0.3, -0.25) is 9.69 Å². The number of amides is 2. The summed E-state index contributed by atoms with van der Waals surface area (Å²) in [5.74, 6) is -0.369. The first-order valence-electron chi connectivity index (χ1n) is 9.07. The van der Waals surface area contributed by atoms with Gasteiger partial charge in [0.05, 0.1) is 11.1 Å². The maximum atomic E-state index is 12.4. The molecule has 3 rings (SSSR count). The lowest BCUT2D eigenvalue weighted by atomic mass is 9.59. The highest BCUT2D eigenvalue weighted by Gasteiger charge is 2.61. The van der Waals surface area contributed by atoms with Crippen LogP contribution in [0.25, 0.3) is 0 Å². The monoisotopic (exact) mass is 359 g/mol. The predicted molar refractivity (Wildman–Crippen MR) is 99.7 cm³/mol. The molecule has 1 heterocycles. The van der Waals surface area contributed by atoms with E-state index >= 15 is 0 Å². The summed E-state index contributed by atoms with van der Waals surface area (Å²) in [6.45, 7) is 6.01. The first-order valence-corrected chi connectivity index (χ1v) is 9.07. The standard InChI is InChI=1S/C20H29N3O3/c1-18(2,3)26-16(24)11-23-14-19(21-17(23)25)12-20(13-19,22(4)5)15-9-7-6-8-10-15/h6-10H,11-14H2,1-5H3,(H,21,25)/t19-,20-. The van der Waals surface area contributed by atoms with E-state index in [-0.39, 0.29) is 29.6 Å². The summed E-state index contributed by atoms with van der Waals surface area (Å²) < 4.78 is 5.35. The maximum Gasteiger partial charge on any atom is 0.326 e. The Morgan fingerprint density at radius 2 is 1.85 bits per heavy atom. The Hall–Kier alpha value is -2.08. The van der Waals surface area contributed by atoms with Gasteiger partial charge in [-0.05, 0) is 53.3 Å². The average Bonchev–Trinajstić information content (AvgIpc) is 2.80. The summed E-state index contributed by atoms with van der Waals surface area (Å²) in [7, 11) is 4.16. The number of carbonyl (C=O) groups is 2. The molecule has 6 nitrogen and oxygen atoms in total. The van der Waals surface area contributed by atoms with Crippen molar-refractivity contribution in [2.24, 2.45) is 0 Å². The lowest BCUT2D eigenvalue weighted by molar-refractivity contribution is -0.155. The largest absolute Gasteiger partial charge is 0.459 e. The van der Waals surface area contributed by atoms with Crippen molar-refractivity contribution in [2.75, 3.05) is 27.2 Å². The first-order chi connectivity index (χ1) is 12.1. The maximum absolute atomic E-state index is 12.4. The third kappa shape index (κ3) is 3.43. The minimum atomic E-state index is -0.547. The van der Waals surface area contributed by atoms with Crippen molar-refractivity contribution in [3.63, 3.8) is 0 Å². The highest BCUT2D eigenvalue weighted by Crippen LogP contribution is 2.53. The van der Waals surface area contributed by atoms with Crippen LogP contribution in [0.4, 0.5) is 4.79 Å². The Labute approximate surface area is 155 Å². The lowest BCUT2D eigenvalue weighted by Gasteiger charge is -2.57. The van der Waals surface area contributed by atoms with Crippen molar-refractivity contribution in [3.05, 3.63) is 35.9 Å². The van der Waals surface area contributed by atoms with Crippen LogP contribution in [0, 0.1) is 0 Å². The van der Waals surface area contributed by atoms with E-state index in [4.69, 9.17) is 4.74 Å². The Kier molecular flexibility index (Phi) is 4.51. The molecule has 1 saturated heterocycles. The normalized spacial score (nSPS) is 28.2. The molecule has 1 aromatic rings. The van der Waals surface area contributed by atoms with Gasteiger partial charge in [-0.15, -0.1) is 0 Å². The molecule has 142 valence electrons. The molecular weight excluding hydrogens is 330 g/mol. The molecular formula is C20H29N3O3. The molecule has 1 aliphatic carbocycles. The second-order valence-corrected chi connectivity index (χ2v) is 8.80. The van der Waals surface area contributed by atoms with E-state index in [1.165, 1.54) is 5.56 Å². The quantitative estimate of drug-likeness (QED) is 0.839. The van der Waals surface area contributed by atoms with Crippen molar-refractivity contribution in [1.29, 1.82) is 0 Å². The van der Waals surface area contributed by atoms with Crippen molar-refractivity contribution >= 4 is 12.0 Å². The van der Waals surface area contributed by atoms with Gasteiger partial charge >= 0.3 is 12.0 Å². The predicted octanol–water partition coefficient (Wildman–Crippen LogP) is 2.34. The van der Waals surface area contributed by atoms with Crippen molar-refractivity contribution < 1.29 is 14.3 Å². The van der Waals surface area contributed by atoms with Crippen LogP contribution in [-0.4, -0.2) is 60.1 Å².